The average Bonchev–Trinajstić information content (AvgIpc) is 3.61. The van der Waals surface area contributed by atoms with Crippen molar-refractivity contribution in [3.8, 4) is 11.5 Å². The maximum atomic E-state index is 10.7. The van der Waals surface area contributed by atoms with Gasteiger partial charge in [-0.3, -0.25) is 4.57 Å². The Balaban J connectivity index is 1.53. The second-order valence-electron chi connectivity index (χ2n) is 10.0. The zero-order chi connectivity index (χ0) is 29.3. The number of aliphatic hydroxyl groups is 2. The van der Waals surface area contributed by atoms with Gasteiger partial charge in [0.1, 0.15) is 41.7 Å². The fourth-order valence-corrected chi connectivity index (χ4v) is 5.55. The van der Waals surface area contributed by atoms with Crippen LogP contribution in [0, 0.1) is 0 Å². The van der Waals surface area contributed by atoms with Crippen LogP contribution in [-0.4, -0.2) is 68.8 Å². The highest BCUT2D eigenvalue weighted by Gasteiger charge is 2.44. The molecule has 11 nitrogen and oxygen atoms in total. The normalized spacial score (nSPS) is 20.5. The highest BCUT2D eigenvalue weighted by atomic mass is 16.6. The maximum Gasteiger partial charge on any atom is 0.167 e. The highest BCUT2D eigenvalue weighted by molar-refractivity contribution is 5.84. The highest BCUT2D eigenvalue weighted by Crippen LogP contribution is 2.42. The summed E-state index contributed by atoms with van der Waals surface area (Å²) in [4.78, 5) is 13.7. The molecule has 1 fully saturated rings. The molecule has 1 saturated heterocycles. The molecule has 3 heterocycles. The molecule has 216 valence electrons. The van der Waals surface area contributed by atoms with E-state index < -0.39 is 30.1 Å². The molecule has 11 heteroatoms. The van der Waals surface area contributed by atoms with Crippen molar-refractivity contribution in [2.45, 2.75) is 30.1 Å². The molecule has 3 aromatic carbocycles. The number of aromatic nitrogens is 4. The largest absolute Gasteiger partial charge is 0.497 e. The third-order valence-electron chi connectivity index (χ3n) is 7.76. The minimum Gasteiger partial charge on any atom is -0.497 e. The summed E-state index contributed by atoms with van der Waals surface area (Å²) in [5.74, 6) is 1.91. The Morgan fingerprint density at radius 2 is 1.43 bits per heavy atom. The van der Waals surface area contributed by atoms with Gasteiger partial charge in [-0.15, -0.1) is 0 Å². The van der Waals surface area contributed by atoms with Crippen molar-refractivity contribution in [3.63, 3.8) is 0 Å². The van der Waals surface area contributed by atoms with Crippen LogP contribution in [0.5, 0.6) is 11.5 Å². The SMILES string of the molecule is COc1ccc(C(Nc2ncnc3c2ncn3[C@@H]2O[C@H](CN)[C@@H](O)[C@H]2O)(c2ccccc2)c2ccc(OC)cc2)cc1. The second kappa shape index (κ2) is 11.4. The van der Waals surface area contributed by atoms with Gasteiger partial charge >= 0.3 is 0 Å². The molecule has 2 aromatic heterocycles. The van der Waals surface area contributed by atoms with Gasteiger partial charge in [-0.05, 0) is 41.0 Å². The zero-order valence-electron chi connectivity index (χ0n) is 23.2. The molecule has 1 aliphatic rings. The Morgan fingerprint density at radius 1 is 0.833 bits per heavy atom. The number of nitrogens with one attached hydrogen (secondary N) is 1. The maximum absolute atomic E-state index is 10.7. The Morgan fingerprint density at radius 3 is 1.98 bits per heavy atom. The van der Waals surface area contributed by atoms with E-state index in [2.05, 4.69) is 32.4 Å². The standard InChI is InChI=1S/C31H32N6O5/c1-40-22-12-8-20(9-13-22)31(19-6-4-3-5-7-19,21-10-14-23(41-2)15-11-21)36-28-25-29(34-17-33-28)37(18-35-25)30-27(39)26(38)24(16-32)42-30/h3-15,17-18,24,26-27,30,38-39H,16,32H2,1-2H3,(H,33,34,36)/t24-,26-,27-,30-/m1/s1. The van der Waals surface area contributed by atoms with Gasteiger partial charge in [-0.2, -0.15) is 0 Å². The molecule has 0 unspecified atom stereocenters. The first kappa shape index (κ1) is 27.6. The summed E-state index contributed by atoms with van der Waals surface area (Å²) in [6.45, 7) is 0.0620. The lowest BCUT2D eigenvalue weighted by Gasteiger charge is -2.37. The molecule has 0 spiro atoms. The number of hydrogen-bond donors (Lipinski definition) is 4. The number of rotatable bonds is 9. The summed E-state index contributed by atoms with van der Waals surface area (Å²) < 4.78 is 18.4. The Bertz CT molecular complexity index is 1600. The van der Waals surface area contributed by atoms with Gasteiger partial charge in [0.2, 0.25) is 0 Å². The van der Waals surface area contributed by atoms with Gasteiger partial charge in [-0.1, -0.05) is 54.6 Å². The summed E-state index contributed by atoms with van der Waals surface area (Å²) >= 11 is 0. The molecule has 0 amide bonds. The molecule has 6 rings (SSSR count). The van der Waals surface area contributed by atoms with Crippen LogP contribution in [0.2, 0.25) is 0 Å². The number of anilines is 1. The Hall–Kier alpha value is -4.55. The van der Waals surface area contributed by atoms with Crippen molar-refractivity contribution < 1.29 is 24.4 Å². The lowest BCUT2D eigenvalue weighted by atomic mass is 9.77. The van der Waals surface area contributed by atoms with Crippen LogP contribution in [0.3, 0.4) is 0 Å². The van der Waals surface area contributed by atoms with E-state index in [0.29, 0.717) is 17.0 Å². The molecule has 0 aliphatic carbocycles. The van der Waals surface area contributed by atoms with Crippen molar-refractivity contribution in [2.75, 3.05) is 26.1 Å². The number of nitrogens with zero attached hydrogens (tertiary/aromatic N) is 4. The summed E-state index contributed by atoms with van der Waals surface area (Å²) in [7, 11) is 3.27. The third kappa shape index (κ3) is 4.62. The topological polar surface area (TPSA) is 150 Å². The number of benzene rings is 3. The first-order chi connectivity index (χ1) is 20.5. The van der Waals surface area contributed by atoms with Crippen LogP contribution in [-0.2, 0) is 10.3 Å². The van der Waals surface area contributed by atoms with E-state index in [0.717, 1.165) is 28.2 Å². The van der Waals surface area contributed by atoms with Crippen molar-refractivity contribution in [2.24, 2.45) is 5.73 Å². The summed E-state index contributed by atoms with van der Waals surface area (Å²) in [6, 6.07) is 25.8. The van der Waals surface area contributed by atoms with Gasteiger partial charge in [-0.25, -0.2) is 15.0 Å². The van der Waals surface area contributed by atoms with Crippen molar-refractivity contribution in [1.29, 1.82) is 0 Å². The van der Waals surface area contributed by atoms with Gasteiger partial charge in [0.05, 0.1) is 20.5 Å². The van der Waals surface area contributed by atoms with E-state index in [9.17, 15) is 10.2 Å². The third-order valence-corrected chi connectivity index (χ3v) is 7.76. The summed E-state index contributed by atoms with van der Waals surface area (Å²) in [6.07, 6.45) is -1.01. The lowest BCUT2D eigenvalue weighted by molar-refractivity contribution is -0.0322. The van der Waals surface area contributed by atoms with Gasteiger partial charge in [0.15, 0.2) is 23.2 Å². The van der Waals surface area contributed by atoms with Crippen molar-refractivity contribution in [1.82, 2.24) is 19.5 Å². The van der Waals surface area contributed by atoms with Crippen LogP contribution in [0.1, 0.15) is 22.9 Å². The number of hydrogen-bond acceptors (Lipinski definition) is 10. The monoisotopic (exact) mass is 568 g/mol. The van der Waals surface area contributed by atoms with Crippen molar-refractivity contribution >= 4 is 17.0 Å². The molecule has 4 atom stereocenters. The van der Waals surface area contributed by atoms with Crippen molar-refractivity contribution in [3.05, 3.63) is 108 Å². The Labute approximate surface area is 242 Å². The van der Waals surface area contributed by atoms with E-state index in [1.807, 2.05) is 66.7 Å². The molecule has 0 saturated carbocycles. The van der Waals surface area contributed by atoms with Crippen LogP contribution in [0.4, 0.5) is 5.82 Å². The van der Waals surface area contributed by atoms with Gasteiger partial charge in [0.25, 0.3) is 0 Å². The zero-order valence-corrected chi connectivity index (χ0v) is 23.2. The number of fused-ring (bicyclic) bond motifs is 1. The molecular formula is C31H32N6O5. The van der Waals surface area contributed by atoms with Crippen LogP contribution >= 0.6 is 0 Å². The molecule has 42 heavy (non-hydrogen) atoms. The first-order valence-electron chi connectivity index (χ1n) is 13.5. The Kier molecular flexibility index (Phi) is 7.48. The smallest absolute Gasteiger partial charge is 0.167 e. The fraction of sp³-hybridized carbons (Fsp3) is 0.258. The minimum atomic E-state index is -1.20. The minimum absolute atomic E-state index is 0.0620. The molecule has 0 radical (unpaired) electrons. The van der Waals surface area contributed by atoms with E-state index in [4.69, 9.17) is 19.9 Å². The van der Waals surface area contributed by atoms with Crippen LogP contribution in [0.25, 0.3) is 11.2 Å². The van der Waals surface area contributed by atoms with Crippen LogP contribution in [0.15, 0.2) is 91.5 Å². The second-order valence-corrected chi connectivity index (χ2v) is 10.0. The molecular weight excluding hydrogens is 536 g/mol. The lowest BCUT2D eigenvalue weighted by Crippen LogP contribution is -2.38. The predicted molar refractivity (Wildman–Crippen MR) is 156 cm³/mol. The van der Waals surface area contributed by atoms with E-state index in [-0.39, 0.29) is 6.54 Å². The average molecular weight is 569 g/mol. The number of methoxy groups -OCH3 is 2. The number of imidazole rings is 1. The fourth-order valence-electron chi connectivity index (χ4n) is 5.55. The molecule has 1 aliphatic heterocycles. The number of nitrogens with two attached hydrogens (primary N) is 1. The van der Waals surface area contributed by atoms with E-state index in [1.165, 1.54) is 12.7 Å². The van der Waals surface area contributed by atoms with Crippen LogP contribution < -0.4 is 20.5 Å². The quantitative estimate of drug-likeness (QED) is 0.196. The van der Waals surface area contributed by atoms with E-state index in [1.54, 1.807) is 18.8 Å². The number of aliphatic hydroxyl groups excluding tert-OH is 2. The van der Waals surface area contributed by atoms with Gasteiger partial charge < -0.3 is 35.5 Å². The molecule has 0 bridgehead atoms. The summed E-state index contributed by atoms with van der Waals surface area (Å²) in [5, 5.41) is 24.8. The summed E-state index contributed by atoms with van der Waals surface area (Å²) in [5.41, 5.74) is 8.49. The molecule has 5 N–H and O–H groups in total. The van der Waals surface area contributed by atoms with Gasteiger partial charge in [0, 0.05) is 6.54 Å². The predicted octanol–water partition coefficient (Wildman–Crippen LogP) is 2.83. The van der Waals surface area contributed by atoms with E-state index >= 15 is 0 Å². The number of ether oxygens (including phenoxy) is 3. The first-order valence-corrected chi connectivity index (χ1v) is 13.5. The molecule has 5 aromatic rings.